The van der Waals surface area contributed by atoms with E-state index < -0.39 is 0 Å². The van der Waals surface area contributed by atoms with Crippen LogP contribution < -0.4 is 5.56 Å². The number of nitrogens with zero attached hydrogens (tertiary/aromatic N) is 1. The van der Waals surface area contributed by atoms with Gasteiger partial charge in [-0.2, -0.15) is 0 Å². The average molecular weight is 300 g/mol. The highest BCUT2D eigenvalue weighted by Gasteiger charge is 2.50. The molecule has 5 aliphatic rings. The maximum absolute atomic E-state index is 12.3. The third-order valence-electron chi connectivity index (χ3n) is 7.30. The molecule has 22 heavy (non-hydrogen) atoms. The normalized spacial score (nSPS) is 39.2. The largest absolute Gasteiger partial charge is 0.289 e. The third-order valence-corrected chi connectivity index (χ3v) is 7.30. The SMILES string of the molecule is O=c1[nH]n2c(c1CCC13CC4CC(CC(C4)C1)C3)CCCC2. The van der Waals surface area contributed by atoms with Gasteiger partial charge in [-0.25, -0.2) is 0 Å². The molecule has 0 spiro atoms. The molecular weight excluding hydrogens is 272 g/mol. The van der Waals surface area contributed by atoms with Crippen molar-refractivity contribution in [1.82, 2.24) is 9.78 Å². The Hall–Kier alpha value is -0.990. The minimum Gasteiger partial charge on any atom is -0.289 e. The molecule has 4 saturated carbocycles. The summed E-state index contributed by atoms with van der Waals surface area (Å²) in [6.45, 7) is 1.02. The van der Waals surface area contributed by atoms with E-state index in [0.29, 0.717) is 5.41 Å². The van der Waals surface area contributed by atoms with Gasteiger partial charge in [0, 0.05) is 17.8 Å². The van der Waals surface area contributed by atoms with Gasteiger partial charge < -0.3 is 0 Å². The summed E-state index contributed by atoms with van der Waals surface area (Å²) in [5.41, 5.74) is 3.28. The molecule has 3 nitrogen and oxygen atoms in total. The van der Waals surface area contributed by atoms with Crippen LogP contribution in [0.25, 0.3) is 0 Å². The first-order valence-electron chi connectivity index (χ1n) is 9.51. The van der Waals surface area contributed by atoms with Crippen molar-refractivity contribution in [1.29, 1.82) is 0 Å². The number of aromatic nitrogens is 2. The monoisotopic (exact) mass is 300 g/mol. The van der Waals surface area contributed by atoms with Gasteiger partial charge in [-0.15, -0.1) is 0 Å². The Bertz CT molecular complexity index is 603. The summed E-state index contributed by atoms with van der Waals surface area (Å²) in [5.74, 6) is 3.06. The lowest BCUT2D eigenvalue weighted by atomic mass is 9.48. The molecule has 2 heterocycles. The molecule has 4 bridgehead atoms. The van der Waals surface area contributed by atoms with Gasteiger partial charge in [0.25, 0.3) is 5.56 Å². The predicted molar refractivity (Wildman–Crippen MR) is 86.9 cm³/mol. The Morgan fingerprint density at radius 2 is 1.73 bits per heavy atom. The number of aryl methyl sites for hydroxylation is 1. The fraction of sp³-hybridized carbons (Fsp3) is 0.842. The first-order valence-corrected chi connectivity index (χ1v) is 9.51. The zero-order valence-electron chi connectivity index (χ0n) is 13.6. The average Bonchev–Trinajstić information content (AvgIpc) is 2.79. The van der Waals surface area contributed by atoms with Gasteiger partial charge in [0.1, 0.15) is 0 Å². The number of aromatic amines is 1. The lowest BCUT2D eigenvalue weighted by Crippen LogP contribution is -2.46. The van der Waals surface area contributed by atoms with Crippen molar-refractivity contribution >= 4 is 0 Å². The fourth-order valence-corrected chi connectivity index (χ4v) is 6.83. The molecule has 0 radical (unpaired) electrons. The van der Waals surface area contributed by atoms with Crippen LogP contribution in [0.2, 0.25) is 0 Å². The van der Waals surface area contributed by atoms with Crippen LogP contribution in [0.5, 0.6) is 0 Å². The van der Waals surface area contributed by atoms with E-state index in [0.717, 1.165) is 42.7 Å². The van der Waals surface area contributed by atoms with E-state index in [1.807, 2.05) is 0 Å². The molecule has 4 aliphatic carbocycles. The summed E-state index contributed by atoms with van der Waals surface area (Å²) in [6.07, 6.45) is 14.8. The van der Waals surface area contributed by atoms with Gasteiger partial charge in [0.2, 0.25) is 0 Å². The molecule has 0 amide bonds. The number of H-pyrrole nitrogens is 1. The molecule has 0 atom stereocenters. The van der Waals surface area contributed by atoms with Gasteiger partial charge in [0.15, 0.2) is 0 Å². The number of nitrogens with one attached hydrogen (secondary N) is 1. The summed E-state index contributed by atoms with van der Waals surface area (Å²) in [7, 11) is 0. The maximum atomic E-state index is 12.3. The van der Waals surface area contributed by atoms with Crippen LogP contribution >= 0.6 is 0 Å². The van der Waals surface area contributed by atoms with Crippen LogP contribution in [0, 0.1) is 23.2 Å². The van der Waals surface area contributed by atoms with E-state index in [4.69, 9.17) is 0 Å². The molecule has 1 aromatic heterocycles. The molecule has 4 fully saturated rings. The zero-order chi connectivity index (χ0) is 14.7. The van der Waals surface area contributed by atoms with Crippen LogP contribution in [-0.2, 0) is 19.4 Å². The van der Waals surface area contributed by atoms with Crippen molar-refractivity contribution in [2.24, 2.45) is 23.2 Å². The highest BCUT2D eigenvalue weighted by Crippen LogP contribution is 2.61. The maximum Gasteiger partial charge on any atom is 0.267 e. The predicted octanol–water partition coefficient (Wildman–Crippen LogP) is 3.66. The number of hydrogen-bond donors (Lipinski definition) is 1. The highest BCUT2D eigenvalue weighted by molar-refractivity contribution is 5.20. The molecule has 0 unspecified atom stereocenters. The van der Waals surface area contributed by atoms with Crippen molar-refractivity contribution in [2.45, 2.75) is 77.2 Å². The van der Waals surface area contributed by atoms with Crippen LogP contribution in [0.4, 0.5) is 0 Å². The van der Waals surface area contributed by atoms with E-state index in [-0.39, 0.29) is 5.56 Å². The van der Waals surface area contributed by atoms with Gasteiger partial charge in [0.05, 0.1) is 0 Å². The number of fused-ring (bicyclic) bond motifs is 1. The minimum absolute atomic E-state index is 0.210. The van der Waals surface area contributed by atoms with Crippen LogP contribution in [0.3, 0.4) is 0 Å². The van der Waals surface area contributed by atoms with Crippen LogP contribution in [0.15, 0.2) is 4.79 Å². The Morgan fingerprint density at radius 3 is 2.41 bits per heavy atom. The summed E-state index contributed by atoms with van der Waals surface area (Å²) < 4.78 is 2.14. The second-order valence-electron chi connectivity index (χ2n) is 8.89. The Balaban J connectivity index is 1.37. The molecule has 1 N–H and O–H groups in total. The lowest BCUT2D eigenvalue weighted by molar-refractivity contribution is -0.0570. The molecule has 3 heteroatoms. The second kappa shape index (κ2) is 4.75. The zero-order valence-corrected chi connectivity index (χ0v) is 13.6. The molecule has 120 valence electrons. The standard InChI is InChI=1S/C19H28N2O/c22-18-16(17-3-1-2-6-21(17)20-18)4-5-19-10-13-7-14(11-19)9-15(8-13)12-19/h13-15H,1-12H2,(H,20,22). The van der Waals surface area contributed by atoms with E-state index in [2.05, 4.69) is 9.78 Å². The summed E-state index contributed by atoms with van der Waals surface area (Å²) >= 11 is 0. The number of rotatable bonds is 3. The highest BCUT2D eigenvalue weighted by atomic mass is 16.1. The Labute approximate surface area is 132 Å². The van der Waals surface area contributed by atoms with E-state index in [1.165, 1.54) is 63.5 Å². The van der Waals surface area contributed by atoms with Gasteiger partial charge in [-0.05, 0) is 93.8 Å². The van der Waals surface area contributed by atoms with Gasteiger partial charge in [-0.1, -0.05) is 0 Å². The Kier molecular flexibility index (Phi) is 2.90. The van der Waals surface area contributed by atoms with E-state index in [1.54, 1.807) is 0 Å². The number of hydrogen-bond acceptors (Lipinski definition) is 1. The van der Waals surface area contributed by atoms with Crippen molar-refractivity contribution in [3.05, 3.63) is 21.6 Å². The molecule has 1 aliphatic heterocycles. The first-order chi connectivity index (χ1) is 10.7. The van der Waals surface area contributed by atoms with Crippen LogP contribution in [0.1, 0.15) is 69.0 Å². The van der Waals surface area contributed by atoms with Crippen molar-refractivity contribution in [2.75, 3.05) is 0 Å². The molecule has 0 aromatic carbocycles. The van der Waals surface area contributed by atoms with Gasteiger partial charge in [-0.3, -0.25) is 14.6 Å². The molecule has 6 rings (SSSR count). The molecular formula is C19H28N2O. The van der Waals surface area contributed by atoms with Crippen LogP contribution in [-0.4, -0.2) is 9.78 Å². The van der Waals surface area contributed by atoms with Crippen molar-refractivity contribution in [3.8, 4) is 0 Å². The quantitative estimate of drug-likeness (QED) is 0.909. The molecule has 1 aromatic rings. The first kappa shape index (κ1) is 13.4. The van der Waals surface area contributed by atoms with Crippen molar-refractivity contribution < 1.29 is 0 Å². The summed E-state index contributed by atoms with van der Waals surface area (Å²) in [4.78, 5) is 12.3. The smallest absolute Gasteiger partial charge is 0.267 e. The fourth-order valence-electron chi connectivity index (χ4n) is 6.83. The topological polar surface area (TPSA) is 37.8 Å². The second-order valence-corrected chi connectivity index (χ2v) is 8.89. The van der Waals surface area contributed by atoms with E-state index >= 15 is 0 Å². The van der Waals surface area contributed by atoms with Gasteiger partial charge >= 0.3 is 0 Å². The molecule has 0 saturated heterocycles. The summed E-state index contributed by atoms with van der Waals surface area (Å²) in [5, 5.41) is 3.08. The van der Waals surface area contributed by atoms with E-state index in [9.17, 15) is 4.79 Å². The summed E-state index contributed by atoms with van der Waals surface area (Å²) in [6, 6.07) is 0. The minimum atomic E-state index is 0.210. The third kappa shape index (κ3) is 2.04. The Morgan fingerprint density at radius 1 is 1.05 bits per heavy atom. The lowest BCUT2D eigenvalue weighted by Gasteiger charge is -2.57. The van der Waals surface area contributed by atoms with Crippen molar-refractivity contribution in [3.63, 3.8) is 0 Å².